The summed E-state index contributed by atoms with van der Waals surface area (Å²) in [4.78, 5) is 4.72. The third-order valence-corrected chi connectivity index (χ3v) is 3.66. The van der Waals surface area contributed by atoms with Crippen LogP contribution >= 0.6 is 0 Å². The number of hydrogen-bond donors (Lipinski definition) is 0. The first-order valence-corrected chi connectivity index (χ1v) is 13.1. The fourth-order valence-electron chi connectivity index (χ4n) is 1.75. The molecule has 0 aliphatic carbocycles. The van der Waals surface area contributed by atoms with Gasteiger partial charge in [0.1, 0.15) is 16.3 Å². The third-order valence-electron chi connectivity index (χ3n) is 3.66. The maximum absolute atomic E-state index is 2.58. The van der Waals surface area contributed by atoms with Crippen molar-refractivity contribution >= 4 is 32.6 Å². The molecule has 0 amide bonds. The van der Waals surface area contributed by atoms with Crippen molar-refractivity contribution in [3.05, 3.63) is 0 Å². The van der Waals surface area contributed by atoms with E-state index in [1.54, 1.807) is 0 Å². The Morgan fingerprint density at radius 1 is 0.615 bits per heavy atom. The van der Waals surface area contributed by atoms with E-state index in [0.717, 1.165) is 0 Å². The number of hydrogen-bond acceptors (Lipinski definition) is 2. The molecule has 0 bridgehead atoms. The van der Waals surface area contributed by atoms with Gasteiger partial charge in [-0.3, -0.25) is 0 Å². The van der Waals surface area contributed by atoms with E-state index in [2.05, 4.69) is 81.7 Å². The van der Waals surface area contributed by atoms with Gasteiger partial charge in [0.2, 0.25) is 0 Å². The van der Waals surface area contributed by atoms with Crippen LogP contribution in [0, 0.1) is 0 Å². The molecule has 2 rings (SSSR count). The normalized spacial score (nSPS) is 15.3. The van der Waals surface area contributed by atoms with Crippen molar-refractivity contribution in [1.82, 2.24) is 9.80 Å². The first-order valence-electron chi connectivity index (χ1n) is 11.3. The van der Waals surface area contributed by atoms with Gasteiger partial charge in [0, 0.05) is 0 Å². The summed E-state index contributed by atoms with van der Waals surface area (Å²) in [7, 11) is 4.35. The smallest absolute Gasteiger partial charge is 0.117 e. The Kier molecular flexibility index (Phi) is 48.9. The Bertz CT molecular complexity index is 157. The van der Waals surface area contributed by atoms with Gasteiger partial charge in [0.05, 0.1) is 0 Å². The zero-order chi connectivity index (χ0) is 21.1. The van der Waals surface area contributed by atoms with Crippen LogP contribution < -0.4 is 0 Å². The molecule has 0 saturated carbocycles. The van der Waals surface area contributed by atoms with Crippen LogP contribution in [-0.2, 0) is 0 Å². The summed E-state index contributed by atoms with van der Waals surface area (Å²) in [5, 5.41) is 2.44. The second-order valence-electron chi connectivity index (χ2n) is 6.93. The zero-order valence-electron chi connectivity index (χ0n) is 20.1. The number of nitrogens with zero attached hydrogens (tertiary/aromatic N) is 2. The van der Waals surface area contributed by atoms with Gasteiger partial charge >= 0.3 is 28.5 Å². The minimum Gasteiger partial charge on any atom is -0.120 e. The molecule has 2 aliphatic heterocycles. The van der Waals surface area contributed by atoms with Gasteiger partial charge in [-0.25, -0.2) is 0 Å². The molecule has 0 N–H and O–H groups in total. The second kappa shape index (κ2) is 36.8. The van der Waals surface area contributed by atoms with E-state index in [9.17, 15) is 0 Å². The van der Waals surface area contributed by atoms with E-state index in [1.165, 1.54) is 88.1 Å². The maximum atomic E-state index is 2.58. The molecule has 4 heteroatoms. The third kappa shape index (κ3) is 49.8. The molecule has 2 radical (unpaired) electrons. The Labute approximate surface area is 185 Å². The van der Waals surface area contributed by atoms with E-state index in [4.69, 9.17) is 0 Å². The van der Waals surface area contributed by atoms with Crippen molar-refractivity contribution in [2.75, 3.05) is 40.3 Å². The van der Waals surface area contributed by atoms with Crippen LogP contribution in [0.3, 0.4) is 0 Å². The Morgan fingerprint density at radius 3 is 0.808 bits per heavy atom. The molecule has 0 spiro atoms. The zero-order valence-corrected chi connectivity index (χ0v) is 22.6. The molecule has 0 aromatic heterocycles. The number of likely N-dealkylation sites (tertiary alicyclic amines) is 2. The van der Waals surface area contributed by atoms with Crippen molar-refractivity contribution in [1.29, 1.82) is 0 Å². The van der Waals surface area contributed by atoms with Gasteiger partial charge in [-0.1, -0.05) is 60.3 Å². The Morgan fingerprint density at radius 2 is 0.769 bits per heavy atom. The molecule has 0 unspecified atom stereocenters. The van der Waals surface area contributed by atoms with Crippen molar-refractivity contribution in [2.45, 2.75) is 103 Å². The molecule has 156 valence electrons. The summed E-state index contributed by atoms with van der Waals surface area (Å²) in [6.45, 7) is 18.2. The predicted octanol–water partition coefficient (Wildman–Crippen LogP) is 5.96. The average molecular weight is 400 g/mol. The molecule has 26 heavy (non-hydrogen) atoms. The van der Waals surface area contributed by atoms with E-state index in [-0.39, 0.29) is 0 Å². The molecule has 0 aromatic rings. The van der Waals surface area contributed by atoms with Gasteiger partial charge in [0.15, 0.2) is 0 Å². The largest absolute Gasteiger partial charge is 0.120 e. The molecule has 2 saturated heterocycles. The van der Waals surface area contributed by atoms with Crippen molar-refractivity contribution < 1.29 is 0 Å². The summed E-state index contributed by atoms with van der Waals surface area (Å²) < 4.78 is 0. The molecule has 2 heterocycles. The van der Waals surface area contributed by atoms with Crippen LogP contribution in [-0.4, -0.2) is 82.7 Å². The van der Waals surface area contributed by atoms with Crippen molar-refractivity contribution in [3.8, 4) is 0 Å². The Hall–Kier alpha value is 0.985. The van der Waals surface area contributed by atoms with E-state index in [1.807, 2.05) is 16.3 Å². The summed E-state index contributed by atoms with van der Waals surface area (Å²) in [5.74, 6) is 0. The van der Waals surface area contributed by atoms with Crippen LogP contribution in [0.15, 0.2) is 0 Å². The molecule has 0 atom stereocenters. The SMILES string of the molecule is CCCC.CCCC.CN1CCCC1.CN1CCCC1.C[CH2][AlH+].C[CH2][Al]. The van der Waals surface area contributed by atoms with Gasteiger partial charge < -0.3 is 9.80 Å². The molecular formula is C22H53Al2N2+. The molecule has 2 fully saturated rings. The van der Waals surface area contributed by atoms with Crippen LogP contribution in [0.2, 0.25) is 10.6 Å². The van der Waals surface area contributed by atoms with E-state index in [0.29, 0.717) is 0 Å². The quantitative estimate of drug-likeness (QED) is 0.529. The topological polar surface area (TPSA) is 6.48 Å². The van der Waals surface area contributed by atoms with Gasteiger partial charge in [0.25, 0.3) is 0 Å². The summed E-state index contributed by atoms with van der Waals surface area (Å²) in [6, 6.07) is 0. The minimum atomic E-state index is 1.17. The molecular weight excluding hydrogens is 346 g/mol. The van der Waals surface area contributed by atoms with Gasteiger partial charge in [-0.2, -0.15) is 0 Å². The standard InChI is InChI=1S/2C5H11N.2C4H10.2C2H5.2Al.H/c2*1-6-4-2-3-5-6;2*1-3-4-2;2*1-2;;;/h2*2-5H2,1H3;2*3-4H2,1-2H3;2*1H2,2H3;;;/q;;;;;;;+1;. The first kappa shape index (κ1) is 34.5. The Balaban J connectivity index is -0.000000115. The van der Waals surface area contributed by atoms with E-state index >= 15 is 0 Å². The fourth-order valence-corrected chi connectivity index (χ4v) is 1.75. The molecule has 0 aromatic carbocycles. The maximum Gasteiger partial charge on any atom is 0.117 e. The summed E-state index contributed by atoms with van der Waals surface area (Å²) in [6.07, 6.45) is 10.9. The number of rotatable bonds is 2. The molecule has 2 nitrogen and oxygen atoms in total. The van der Waals surface area contributed by atoms with E-state index < -0.39 is 0 Å². The van der Waals surface area contributed by atoms with Crippen molar-refractivity contribution in [2.24, 2.45) is 0 Å². The van der Waals surface area contributed by atoms with Crippen LogP contribution in [0.4, 0.5) is 0 Å². The molecule has 2 aliphatic rings. The fraction of sp³-hybridized carbons (Fsp3) is 1.00. The first-order chi connectivity index (χ1) is 12.4. The minimum absolute atomic E-state index is 1.17. The van der Waals surface area contributed by atoms with Crippen LogP contribution in [0.25, 0.3) is 0 Å². The number of unbranched alkanes of at least 4 members (excludes halogenated alkanes) is 2. The summed E-state index contributed by atoms with van der Waals surface area (Å²) in [5.41, 5.74) is 0. The summed E-state index contributed by atoms with van der Waals surface area (Å²) >= 11 is 4.55. The van der Waals surface area contributed by atoms with Crippen LogP contribution in [0.1, 0.15) is 92.9 Å². The van der Waals surface area contributed by atoms with Crippen LogP contribution in [0.5, 0.6) is 0 Å². The second-order valence-corrected chi connectivity index (χ2v) is 8.75. The average Bonchev–Trinajstić information content (AvgIpc) is 3.31. The van der Waals surface area contributed by atoms with Gasteiger partial charge in [-0.15, -0.1) is 5.28 Å². The van der Waals surface area contributed by atoms with Gasteiger partial charge in [-0.05, 0) is 66.0 Å². The monoisotopic (exact) mass is 399 g/mol. The predicted molar refractivity (Wildman–Crippen MR) is 128 cm³/mol. The van der Waals surface area contributed by atoms with Crippen molar-refractivity contribution in [3.63, 3.8) is 0 Å².